The topological polar surface area (TPSA) is 63.4 Å². The number of methoxy groups -OCH3 is 2. The third kappa shape index (κ3) is 3.37. The zero-order chi connectivity index (χ0) is 18.8. The monoisotopic (exact) mass is 364 g/mol. The zero-order valence-electron chi connectivity index (χ0n) is 15.7. The highest BCUT2D eigenvalue weighted by Gasteiger charge is 2.26. The Hall–Kier alpha value is -2.95. The molecule has 3 aromatic rings. The number of carbonyl (C=O) groups is 1. The molecule has 1 heterocycles. The number of amides is 1. The van der Waals surface area contributed by atoms with E-state index < -0.39 is 0 Å². The number of aromatic amines is 1. The molecule has 1 aliphatic carbocycles. The van der Waals surface area contributed by atoms with Crippen LogP contribution in [0.2, 0.25) is 0 Å². The normalized spacial score (nSPS) is 15.6. The largest absolute Gasteiger partial charge is 0.493 e. The second-order valence-electron chi connectivity index (χ2n) is 6.92. The van der Waals surface area contributed by atoms with E-state index in [1.54, 1.807) is 14.2 Å². The first-order valence-electron chi connectivity index (χ1n) is 9.28. The summed E-state index contributed by atoms with van der Waals surface area (Å²) in [6.07, 6.45) is 5.04. The molecule has 0 fully saturated rings. The lowest BCUT2D eigenvalue weighted by Gasteiger charge is -2.16. The number of hydrogen-bond donors (Lipinski definition) is 2. The van der Waals surface area contributed by atoms with Crippen LogP contribution in [-0.2, 0) is 17.6 Å². The molecular weight excluding hydrogens is 340 g/mol. The van der Waals surface area contributed by atoms with E-state index in [9.17, 15) is 4.79 Å². The summed E-state index contributed by atoms with van der Waals surface area (Å²) < 4.78 is 10.8. The van der Waals surface area contributed by atoms with E-state index in [1.807, 2.05) is 30.5 Å². The number of fused-ring (bicyclic) bond motifs is 2. The minimum Gasteiger partial charge on any atom is -0.493 e. The van der Waals surface area contributed by atoms with Crippen molar-refractivity contribution in [1.29, 1.82) is 0 Å². The first-order valence-corrected chi connectivity index (χ1v) is 9.28. The van der Waals surface area contributed by atoms with Gasteiger partial charge in [-0.2, -0.15) is 0 Å². The maximum atomic E-state index is 12.5. The predicted molar refractivity (Wildman–Crippen MR) is 105 cm³/mol. The molecule has 5 nitrogen and oxygen atoms in total. The van der Waals surface area contributed by atoms with E-state index in [4.69, 9.17) is 9.47 Å². The highest BCUT2D eigenvalue weighted by Crippen LogP contribution is 2.39. The van der Waals surface area contributed by atoms with Crippen LogP contribution in [0.25, 0.3) is 10.9 Å². The summed E-state index contributed by atoms with van der Waals surface area (Å²) in [5.41, 5.74) is 4.64. The predicted octanol–water partition coefficient (Wildman–Crippen LogP) is 3.92. The van der Waals surface area contributed by atoms with Gasteiger partial charge < -0.3 is 19.8 Å². The average Bonchev–Trinajstić information content (AvgIpc) is 3.29. The van der Waals surface area contributed by atoms with Crippen molar-refractivity contribution in [2.24, 2.45) is 0 Å². The van der Waals surface area contributed by atoms with Crippen LogP contribution in [0, 0.1) is 0 Å². The van der Waals surface area contributed by atoms with Gasteiger partial charge >= 0.3 is 0 Å². The molecule has 2 N–H and O–H groups in total. The van der Waals surface area contributed by atoms with Crippen LogP contribution in [0.3, 0.4) is 0 Å². The molecule has 0 unspecified atom stereocenters. The molecule has 1 atom stereocenters. The Morgan fingerprint density at radius 3 is 2.78 bits per heavy atom. The molecule has 0 saturated carbocycles. The molecular formula is C22H24N2O3. The molecule has 0 aliphatic heterocycles. The number of aryl methyl sites for hydroxylation is 2. The minimum absolute atomic E-state index is 0.0373. The van der Waals surface area contributed by atoms with E-state index in [0.29, 0.717) is 12.2 Å². The van der Waals surface area contributed by atoms with Crippen LogP contribution in [0.15, 0.2) is 42.6 Å². The van der Waals surface area contributed by atoms with Gasteiger partial charge in [0.15, 0.2) is 11.5 Å². The number of benzene rings is 2. The van der Waals surface area contributed by atoms with Gasteiger partial charge in [-0.3, -0.25) is 4.79 Å². The molecule has 140 valence electrons. The second kappa shape index (κ2) is 7.35. The molecule has 1 aliphatic rings. The third-order valence-electron chi connectivity index (χ3n) is 5.35. The summed E-state index contributed by atoms with van der Waals surface area (Å²) in [6, 6.07) is 12.2. The fourth-order valence-electron chi connectivity index (χ4n) is 3.94. The maximum Gasteiger partial charge on any atom is 0.220 e. The number of H-pyrrole nitrogens is 1. The van der Waals surface area contributed by atoms with Gasteiger partial charge in [-0.15, -0.1) is 0 Å². The number of para-hydroxylation sites is 1. The lowest BCUT2D eigenvalue weighted by atomic mass is 10.1. The molecule has 0 saturated heterocycles. The van der Waals surface area contributed by atoms with Crippen LogP contribution in [-0.4, -0.2) is 25.1 Å². The standard InChI is InChI=1S/C22H24N2O3/c1-26-20-11-14-7-9-19(17(14)12-21(20)27-2)24-22(25)10-8-15-13-23-18-6-4-3-5-16(15)18/h3-6,11-13,19,23H,7-10H2,1-2H3,(H,24,25)/t19-/m0/s1. The van der Waals surface area contributed by atoms with Crippen LogP contribution in [0.5, 0.6) is 11.5 Å². The number of aromatic nitrogens is 1. The fraction of sp³-hybridized carbons (Fsp3) is 0.318. The number of rotatable bonds is 6. The molecule has 1 aromatic heterocycles. The van der Waals surface area contributed by atoms with Crippen LogP contribution in [0.4, 0.5) is 0 Å². The zero-order valence-corrected chi connectivity index (χ0v) is 15.7. The van der Waals surface area contributed by atoms with Crippen molar-refractivity contribution in [3.63, 3.8) is 0 Å². The summed E-state index contributed by atoms with van der Waals surface area (Å²) in [5, 5.41) is 4.38. The van der Waals surface area contributed by atoms with Crippen LogP contribution in [0.1, 0.15) is 35.6 Å². The first kappa shape index (κ1) is 17.5. The molecule has 1 amide bonds. The molecule has 4 rings (SSSR count). The summed E-state index contributed by atoms with van der Waals surface area (Å²) in [4.78, 5) is 15.8. The minimum atomic E-state index is 0.0373. The fourth-order valence-corrected chi connectivity index (χ4v) is 3.94. The Morgan fingerprint density at radius 2 is 1.96 bits per heavy atom. The first-order chi connectivity index (χ1) is 13.2. The Labute approximate surface area is 158 Å². The molecule has 5 heteroatoms. The smallest absolute Gasteiger partial charge is 0.220 e. The van der Waals surface area contributed by atoms with Crippen LogP contribution < -0.4 is 14.8 Å². The maximum absolute atomic E-state index is 12.5. The van der Waals surface area contributed by atoms with E-state index in [0.717, 1.165) is 36.1 Å². The summed E-state index contributed by atoms with van der Waals surface area (Å²) in [6.45, 7) is 0. The molecule has 0 radical (unpaired) electrons. The highest BCUT2D eigenvalue weighted by atomic mass is 16.5. The van der Waals surface area contributed by atoms with Crippen molar-refractivity contribution in [2.45, 2.75) is 31.7 Å². The third-order valence-corrected chi connectivity index (χ3v) is 5.35. The Bertz CT molecular complexity index is 977. The number of hydrogen-bond acceptors (Lipinski definition) is 3. The van der Waals surface area contributed by atoms with Crippen molar-refractivity contribution in [2.75, 3.05) is 14.2 Å². The average molecular weight is 364 g/mol. The summed E-state index contributed by atoms with van der Waals surface area (Å²) in [7, 11) is 3.27. The number of nitrogens with one attached hydrogen (secondary N) is 2. The summed E-state index contributed by atoms with van der Waals surface area (Å²) in [5.74, 6) is 1.52. The van der Waals surface area contributed by atoms with Gasteiger partial charge in [-0.05, 0) is 54.2 Å². The van der Waals surface area contributed by atoms with E-state index in [2.05, 4.69) is 22.4 Å². The van der Waals surface area contributed by atoms with Crippen molar-refractivity contribution in [3.8, 4) is 11.5 Å². The van der Waals surface area contributed by atoms with Gasteiger partial charge in [0.1, 0.15) is 0 Å². The second-order valence-corrected chi connectivity index (χ2v) is 6.92. The van der Waals surface area contributed by atoms with Gasteiger partial charge in [0.25, 0.3) is 0 Å². The van der Waals surface area contributed by atoms with Gasteiger partial charge in [-0.1, -0.05) is 18.2 Å². The molecule has 2 aromatic carbocycles. The lowest BCUT2D eigenvalue weighted by Crippen LogP contribution is -2.27. The molecule has 0 bridgehead atoms. The van der Waals surface area contributed by atoms with Gasteiger partial charge in [-0.25, -0.2) is 0 Å². The number of ether oxygens (including phenoxy) is 2. The Balaban J connectivity index is 1.43. The van der Waals surface area contributed by atoms with Gasteiger partial charge in [0.2, 0.25) is 5.91 Å². The van der Waals surface area contributed by atoms with E-state index in [1.165, 1.54) is 16.5 Å². The van der Waals surface area contributed by atoms with Crippen molar-refractivity contribution >= 4 is 16.8 Å². The van der Waals surface area contributed by atoms with Crippen molar-refractivity contribution < 1.29 is 14.3 Å². The number of carbonyl (C=O) groups excluding carboxylic acids is 1. The van der Waals surface area contributed by atoms with E-state index >= 15 is 0 Å². The quantitative estimate of drug-likeness (QED) is 0.697. The van der Waals surface area contributed by atoms with E-state index in [-0.39, 0.29) is 11.9 Å². The Morgan fingerprint density at radius 1 is 1.19 bits per heavy atom. The lowest BCUT2D eigenvalue weighted by molar-refractivity contribution is -0.121. The van der Waals surface area contributed by atoms with Crippen molar-refractivity contribution in [3.05, 3.63) is 59.3 Å². The Kier molecular flexibility index (Phi) is 4.75. The van der Waals surface area contributed by atoms with Gasteiger partial charge in [0, 0.05) is 23.5 Å². The van der Waals surface area contributed by atoms with Gasteiger partial charge in [0.05, 0.1) is 20.3 Å². The van der Waals surface area contributed by atoms with Crippen LogP contribution >= 0.6 is 0 Å². The SMILES string of the molecule is COc1cc2c(cc1OC)[C@@H](NC(=O)CCc1c[nH]c3ccccc13)CC2. The molecule has 0 spiro atoms. The summed E-state index contributed by atoms with van der Waals surface area (Å²) >= 11 is 0. The molecule has 27 heavy (non-hydrogen) atoms. The van der Waals surface area contributed by atoms with Crippen molar-refractivity contribution in [1.82, 2.24) is 10.3 Å². The highest BCUT2D eigenvalue weighted by molar-refractivity contribution is 5.84.